The molecular formula is C25H31BrFN3O4. The molecule has 0 saturated heterocycles. The third-order valence-electron chi connectivity index (χ3n) is 5.23. The second-order valence-electron chi connectivity index (χ2n) is 9.52. The zero-order valence-electron chi connectivity index (χ0n) is 20.2. The van der Waals surface area contributed by atoms with Crippen molar-refractivity contribution in [2.75, 3.05) is 32.6 Å². The van der Waals surface area contributed by atoms with Crippen LogP contribution in [0.2, 0.25) is 0 Å². The average molecular weight is 536 g/mol. The zero-order chi connectivity index (χ0) is 25.0. The highest BCUT2D eigenvalue weighted by atomic mass is 79.9. The van der Waals surface area contributed by atoms with E-state index in [0.29, 0.717) is 30.2 Å². The maximum atomic E-state index is 13.9. The van der Waals surface area contributed by atoms with E-state index in [4.69, 9.17) is 9.47 Å². The van der Waals surface area contributed by atoms with E-state index in [9.17, 15) is 14.0 Å². The SMILES string of the molecule is CN(C)CCOc1cc(Br)ccc1NC(=O)[C@@H]1Cc2cc(F)ccc2CN1C(=O)OC(C)(C)C. The molecule has 34 heavy (non-hydrogen) atoms. The number of ether oxygens (including phenoxy) is 2. The van der Waals surface area contributed by atoms with Crippen LogP contribution in [0.4, 0.5) is 14.9 Å². The van der Waals surface area contributed by atoms with E-state index in [1.165, 1.54) is 17.0 Å². The molecule has 9 heteroatoms. The second-order valence-corrected chi connectivity index (χ2v) is 10.4. The van der Waals surface area contributed by atoms with E-state index in [1.54, 1.807) is 45.0 Å². The Hall–Kier alpha value is -2.65. The number of rotatable bonds is 6. The predicted octanol–water partition coefficient (Wildman–Crippen LogP) is 4.83. The van der Waals surface area contributed by atoms with E-state index in [-0.39, 0.29) is 18.8 Å². The highest BCUT2D eigenvalue weighted by molar-refractivity contribution is 9.10. The Labute approximate surface area is 208 Å². The number of benzene rings is 2. The Morgan fingerprint density at radius 3 is 2.59 bits per heavy atom. The predicted molar refractivity (Wildman–Crippen MR) is 132 cm³/mol. The standard InChI is InChI=1S/C25H31BrFN3O4/c1-25(2,3)34-24(32)30-15-16-6-8-19(27)12-17(16)13-21(30)23(31)28-20-9-7-18(26)14-22(20)33-11-10-29(4)5/h6-9,12,14,21H,10-11,13,15H2,1-5H3,(H,28,31)/t21-/m0/s1. The van der Waals surface area contributed by atoms with Gasteiger partial charge in [0.05, 0.1) is 12.2 Å². The molecule has 0 radical (unpaired) electrons. The number of nitrogens with one attached hydrogen (secondary N) is 1. The van der Waals surface area contributed by atoms with Crippen molar-refractivity contribution in [1.29, 1.82) is 0 Å². The van der Waals surface area contributed by atoms with Gasteiger partial charge in [0, 0.05) is 17.4 Å². The molecule has 2 aromatic rings. The van der Waals surface area contributed by atoms with Gasteiger partial charge in [0.25, 0.3) is 0 Å². The molecule has 3 rings (SSSR count). The monoisotopic (exact) mass is 535 g/mol. The van der Waals surface area contributed by atoms with Crippen LogP contribution in [-0.4, -0.2) is 60.7 Å². The van der Waals surface area contributed by atoms with Gasteiger partial charge in [-0.25, -0.2) is 9.18 Å². The van der Waals surface area contributed by atoms with Crippen molar-refractivity contribution >= 4 is 33.6 Å². The summed E-state index contributed by atoms with van der Waals surface area (Å²) in [7, 11) is 3.89. The number of halogens is 2. The minimum atomic E-state index is -0.873. The van der Waals surface area contributed by atoms with E-state index in [1.807, 2.05) is 19.0 Å². The summed E-state index contributed by atoms with van der Waals surface area (Å²) in [5, 5.41) is 2.90. The van der Waals surface area contributed by atoms with Gasteiger partial charge in [-0.2, -0.15) is 0 Å². The molecule has 1 N–H and O–H groups in total. The van der Waals surface area contributed by atoms with Gasteiger partial charge in [-0.15, -0.1) is 0 Å². The van der Waals surface area contributed by atoms with Gasteiger partial charge < -0.3 is 19.7 Å². The summed E-state index contributed by atoms with van der Waals surface area (Å²) < 4.78 is 26.1. The molecule has 0 aromatic heterocycles. The topological polar surface area (TPSA) is 71.1 Å². The van der Waals surface area contributed by atoms with E-state index >= 15 is 0 Å². The van der Waals surface area contributed by atoms with Crippen molar-refractivity contribution < 1.29 is 23.5 Å². The molecule has 1 aliphatic heterocycles. The third-order valence-corrected chi connectivity index (χ3v) is 5.72. The molecule has 1 atom stereocenters. The molecule has 1 heterocycles. The summed E-state index contributed by atoms with van der Waals surface area (Å²) in [4.78, 5) is 29.8. The largest absolute Gasteiger partial charge is 0.490 e. The highest BCUT2D eigenvalue weighted by Crippen LogP contribution is 2.31. The fourth-order valence-corrected chi connectivity index (χ4v) is 3.91. The number of hydrogen-bond donors (Lipinski definition) is 1. The van der Waals surface area contributed by atoms with Gasteiger partial charge in [0.15, 0.2) is 0 Å². The van der Waals surface area contributed by atoms with Crippen LogP contribution >= 0.6 is 15.9 Å². The van der Waals surface area contributed by atoms with Gasteiger partial charge in [-0.05, 0) is 76.3 Å². The van der Waals surface area contributed by atoms with E-state index in [0.717, 1.165) is 10.0 Å². The fourth-order valence-electron chi connectivity index (χ4n) is 3.57. The lowest BCUT2D eigenvalue weighted by atomic mass is 9.93. The molecule has 0 unspecified atom stereocenters. The first-order valence-electron chi connectivity index (χ1n) is 11.1. The minimum Gasteiger partial charge on any atom is -0.490 e. The van der Waals surface area contributed by atoms with Crippen molar-refractivity contribution in [3.63, 3.8) is 0 Å². The number of likely N-dealkylation sites (N-methyl/N-ethyl adjacent to an activating group) is 1. The summed E-state index contributed by atoms with van der Waals surface area (Å²) in [6, 6.07) is 8.85. The Morgan fingerprint density at radius 2 is 1.91 bits per heavy atom. The van der Waals surface area contributed by atoms with Gasteiger partial charge in [0.2, 0.25) is 5.91 Å². The maximum Gasteiger partial charge on any atom is 0.411 e. The van der Waals surface area contributed by atoms with Crippen molar-refractivity contribution in [2.45, 2.75) is 45.4 Å². The number of hydrogen-bond acceptors (Lipinski definition) is 5. The lowest BCUT2D eigenvalue weighted by molar-refractivity contribution is -0.121. The lowest BCUT2D eigenvalue weighted by Crippen LogP contribution is -2.52. The van der Waals surface area contributed by atoms with Crippen molar-refractivity contribution in [2.24, 2.45) is 0 Å². The average Bonchev–Trinajstić information content (AvgIpc) is 2.73. The van der Waals surface area contributed by atoms with Crippen LogP contribution < -0.4 is 10.1 Å². The molecule has 0 aliphatic carbocycles. The Balaban J connectivity index is 1.86. The first-order valence-corrected chi connectivity index (χ1v) is 11.9. The van der Waals surface area contributed by atoms with Gasteiger partial charge in [0.1, 0.15) is 29.8 Å². The molecule has 2 aromatic carbocycles. The van der Waals surface area contributed by atoms with Gasteiger partial charge in [-0.3, -0.25) is 9.69 Å². The molecule has 1 aliphatic rings. The number of anilines is 1. The highest BCUT2D eigenvalue weighted by Gasteiger charge is 2.37. The van der Waals surface area contributed by atoms with Crippen LogP contribution in [0.1, 0.15) is 31.9 Å². The van der Waals surface area contributed by atoms with Gasteiger partial charge >= 0.3 is 6.09 Å². The van der Waals surface area contributed by atoms with Crippen molar-refractivity contribution in [3.8, 4) is 5.75 Å². The molecular weight excluding hydrogens is 505 g/mol. The van der Waals surface area contributed by atoms with Crippen LogP contribution in [0.3, 0.4) is 0 Å². The smallest absolute Gasteiger partial charge is 0.411 e. The number of carbonyl (C=O) groups is 2. The van der Waals surface area contributed by atoms with Gasteiger partial charge in [-0.1, -0.05) is 22.0 Å². The summed E-state index contributed by atoms with van der Waals surface area (Å²) >= 11 is 3.43. The van der Waals surface area contributed by atoms with Crippen molar-refractivity contribution in [1.82, 2.24) is 9.80 Å². The van der Waals surface area contributed by atoms with Crippen LogP contribution in [0.15, 0.2) is 40.9 Å². The number of amides is 2. The summed E-state index contributed by atoms with van der Waals surface area (Å²) in [5.41, 5.74) is 1.24. The Morgan fingerprint density at radius 1 is 1.18 bits per heavy atom. The van der Waals surface area contributed by atoms with Crippen LogP contribution in [0.25, 0.3) is 0 Å². The Bertz CT molecular complexity index is 1050. The fraction of sp³-hybridized carbons (Fsp3) is 0.440. The number of nitrogens with zero attached hydrogens (tertiary/aromatic N) is 2. The first-order chi connectivity index (χ1) is 15.9. The minimum absolute atomic E-state index is 0.148. The molecule has 184 valence electrons. The number of fused-ring (bicyclic) bond motifs is 1. The normalized spacial score (nSPS) is 15.6. The lowest BCUT2D eigenvalue weighted by Gasteiger charge is -2.37. The summed E-state index contributed by atoms with van der Waals surface area (Å²) in [5.74, 6) is -0.274. The number of carbonyl (C=O) groups excluding carboxylic acids is 2. The quantitative estimate of drug-likeness (QED) is 0.573. The molecule has 0 spiro atoms. The summed E-state index contributed by atoms with van der Waals surface area (Å²) in [6.45, 7) is 6.60. The molecule has 0 bridgehead atoms. The zero-order valence-corrected chi connectivity index (χ0v) is 21.7. The third kappa shape index (κ3) is 6.93. The second kappa shape index (κ2) is 10.7. The molecule has 2 amide bonds. The van der Waals surface area contributed by atoms with Crippen LogP contribution in [-0.2, 0) is 22.5 Å². The first kappa shape index (κ1) is 26.0. The van der Waals surface area contributed by atoms with E-state index in [2.05, 4.69) is 21.2 Å². The van der Waals surface area contributed by atoms with Crippen LogP contribution in [0, 0.1) is 5.82 Å². The van der Waals surface area contributed by atoms with Crippen molar-refractivity contribution in [3.05, 3.63) is 57.8 Å². The summed E-state index contributed by atoms with van der Waals surface area (Å²) in [6.07, 6.45) is -0.424. The maximum absolute atomic E-state index is 13.9. The Kier molecular flexibility index (Phi) is 8.20. The van der Waals surface area contributed by atoms with E-state index < -0.39 is 23.6 Å². The molecule has 0 saturated carbocycles. The molecule has 0 fully saturated rings. The van der Waals surface area contributed by atoms with Crippen LogP contribution in [0.5, 0.6) is 5.75 Å². The molecule has 7 nitrogen and oxygen atoms in total.